The lowest BCUT2D eigenvalue weighted by atomic mass is 9.90. The number of amides is 1. The highest BCUT2D eigenvalue weighted by molar-refractivity contribution is 5.94. The first kappa shape index (κ1) is 15.4. The SMILES string of the molecule is O=C(c1cnn(Cc2ccccc2)c1)N1CCOC2CCCCC21. The van der Waals surface area contributed by atoms with E-state index in [-0.39, 0.29) is 18.1 Å². The molecule has 1 aliphatic carbocycles. The minimum atomic E-state index is 0.0921. The van der Waals surface area contributed by atoms with Gasteiger partial charge in [-0.3, -0.25) is 9.48 Å². The first-order valence-electron chi connectivity index (χ1n) is 8.80. The number of ether oxygens (including phenoxy) is 1. The van der Waals surface area contributed by atoms with Crippen LogP contribution in [0.15, 0.2) is 42.7 Å². The monoisotopic (exact) mass is 325 g/mol. The number of rotatable bonds is 3. The molecule has 0 radical (unpaired) electrons. The third-order valence-corrected chi connectivity index (χ3v) is 5.06. The molecule has 24 heavy (non-hydrogen) atoms. The molecule has 1 aromatic carbocycles. The van der Waals surface area contributed by atoms with Crippen LogP contribution in [-0.2, 0) is 11.3 Å². The highest BCUT2D eigenvalue weighted by atomic mass is 16.5. The topological polar surface area (TPSA) is 47.4 Å². The Labute approximate surface area is 142 Å². The van der Waals surface area contributed by atoms with Crippen molar-refractivity contribution >= 4 is 5.91 Å². The molecule has 1 amide bonds. The zero-order chi connectivity index (χ0) is 16.4. The van der Waals surface area contributed by atoms with Crippen molar-refractivity contribution in [2.75, 3.05) is 13.2 Å². The third-order valence-electron chi connectivity index (χ3n) is 5.06. The number of benzene rings is 1. The highest BCUT2D eigenvalue weighted by Crippen LogP contribution is 2.29. The predicted octanol–water partition coefficient (Wildman–Crippen LogP) is 2.72. The number of hydrogen-bond acceptors (Lipinski definition) is 3. The van der Waals surface area contributed by atoms with Crippen LogP contribution in [-0.4, -0.2) is 45.9 Å². The van der Waals surface area contributed by atoms with Gasteiger partial charge in [-0.2, -0.15) is 5.10 Å². The average molecular weight is 325 g/mol. The molecule has 4 rings (SSSR count). The fourth-order valence-electron chi connectivity index (χ4n) is 3.85. The molecule has 2 unspecified atom stereocenters. The molecule has 2 heterocycles. The molecule has 1 saturated carbocycles. The van der Waals surface area contributed by atoms with Crippen LogP contribution in [0.5, 0.6) is 0 Å². The summed E-state index contributed by atoms with van der Waals surface area (Å²) < 4.78 is 7.70. The van der Waals surface area contributed by atoms with Gasteiger partial charge in [0.2, 0.25) is 0 Å². The van der Waals surface area contributed by atoms with Crippen molar-refractivity contribution in [3.63, 3.8) is 0 Å². The lowest BCUT2D eigenvalue weighted by Gasteiger charge is -2.43. The Morgan fingerprint density at radius 1 is 1.21 bits per heavy atom. The summed E-state index contributed by atoms with van der Waals surface area (Å²) in [6.45, 7) is 2.01. The molecule has 5 heteroatoms. The maximum absolute atomic E-state index is 12.9. The van der Waals surface area contributed by atoms with Gasteiger partial charge < -0.3 is 9.64 Å². The smallest absolute Gasteiger partial charge is 0.257 e. The van der Waals surface area contributed by atoms with Gasteiger partial charge in [0.05, 0.1) is 37.1 Å². The molecule has 1 saturated heterocycles. The van der Waals surface area contributed by atoms with Crippen LogP contribution >= 0.6 is 0 Å². The van der Waals surface area contributed by atoms with Crippen molar-refractivity contribution in [3.05, 3.63) is 53.9 Å². The summed E-state index contributed by atoms with van der Waals surface area (Å²) >= 11 is 0. The fraction of sp³-hybridized carbons (Fsp3) is 0.474. The van der Waals surface area contributed by atoms with Crippen molar-refractivity contribution in [2.45, 2.75) is 44.4 Å². The Hall–Kier alpha value is -2.14. The number of carbonyl (C=O) groups is 1. The van der Waals surface area contributed by atoms with Crippen molar-refractivity contribution in [3.8, 4) is 0 Å². The number of nitrogens with zero attached hydrogens (tertiary/aromatic N) is 3. The number of hydrogen-bond donors (Lipinski definition) is 0. The van der Waals surface area contributed by atoms with E-state index in [2.05, 4.69) is 17.2 Å². The molecule has 1 aliphatic heterocycles. The summed E-state index contributed by atoms with van der Waals surface area (Å²) in [7, 11) is 0. The standard InChI is InChI=1S/C19H23N3O2/c23-19(22-10-11-24-18-9-5-4-8-17(18)22)16-12-20-21(14-16)13-15-6-2-1-3-7-15/h1-3,6-7,12,14,17-18H,4-5,8-11,13H2. The third kappa shape index (κ3) is 3.08. The average Bonchev–Trinajstić information content (AvgIpc) is 3.10. The van der Waals surface area contributed by atoms with E-state index >= 15 is 0 Å². The predicted molar refractivity (Wildman–Crippen MR) is 90.8 cm³/mol. The molecule has 0 bridgehead atoms. The summed E-state index contributed by atoms with van der Waals surface area (Å²) in [5.41, 5.74) is 1.86. The van der Waals surface area contributed by atoms with Gasteiger partial charge in [-0.15, -0.1) is 0 Å². The van der Waals surface area contributed by atoms with Crippen molar-refractivity contribution in [2.24, 2.45) is 0 Å². The molecule has 126 valence electrons. The summed E-state index contributed by atoms with van der Waals surface area (Å²) in [4.78, 5) is 14.9. The quantitative estimate of drug-likeness (QED) is 0.872. The Morgan fingerprint density at radius 2 is 2.04 bits per heavy atom. The normalized spacial score (nSPS) is 23.8. The molecular weight excluding hydrogens is 302 g/mol. The van der Waals surface area contributed by atoms with Crippen LogP contribution in [0.3, 0.4) is 0 Å². The van der Waals surface area contributed by atoms with E-state index in [1.807, 2.05) is 34.0 Å². The van der Waals surface area contributed by atoms with Gasteiger partial charge in [-0.25, -0.2) is 0 Å². The molecular formula is C19H23N3O2. The van der Waals surface area contributed by atoms with Crippen molar-refractivity contribution < 1.29 is 9.53 Å². The lowest BCUT2D eigenvalue weighted by molar-refractivity contribution is -0.0752. The van der Waals surface area contributed by atoms with Crippen LogP contribution < -0.4 is 0 Å². The second kappa shape index (κ2) is 6.77. The van der Waals surface area contributed by atoms with Gasteiger partial charge in [0, 0.05) is 12.7 Å². The van der Waals surface area contributed by atoms with Crippen LogP contribution in [0.4, 0.5) is 0 Å². The van der Waals surface area contributed by atoms with Crippen LogP contribution in [0.1, 0.15) is 41.6 Å². The van der Waals surface area contributed by atoms with E-state index < -0.39 is 0 Å². The minimum absolute atomic E-state index is 0.0921. The largest absolute Gasteiger partial charge is 0.374 e. The van der Waals surface area contributed by atoms with Crippen molar-refractivity contribution in [1.29, 1.82) is 0 Å². The van der Waals surface area contributed by atoms with Gasteiger partial charge in [-0.05, 0) is 18.4 Å². The molecule has 5 nitrogen and oxygen atoms in total. The second-order valence-corrected chi connectivity index (χ2v) is 6.67. The first-order chi connectivity index (χ1) is 11.8. The highest BCUT2D eigenvalue weighted by Gasteiger charge is 2.37. The maximum Gasteiger partial charge on any atom is 0.257 e. The van der Waals surface area contributed by atoms with E-state index in [0.29, 0.717) is 25.3 Å². The van der Waals surface area contributed by atoms with E-state index in [9.17, 15) is 4.79 Å². The molecule has 1 aromatic heterocycles. The zero-order valence-electron chi connectivity index (χ0n) is 13.8. The van der Waals surface area contributed by atoms with E-state index in [4.69, 9.17) is 4.74 Å². The second-order valence-electron chi connectivity index (χ2n) is 6.67. The Morgan fingerprint density at radius 3 is 2.92 bits per heavy atom. The number of carbonyl (C=O) groups excluding carboxylic acids is 1. The van der Waals surface area contributed by atoms with E-state index in [1.54, 1.807) is 6.20 Å². The Bertz CT molecular complexity index is 696. The molecule has 2 atom stereocenters. The van der Waals surface area contributed by atoms with Crippen molar-refractivity contribution in [1.82, 2.24) is 14.7 Å². The summed E-state index contributed by atoms with van der Waals surface area (Å²) in [6, 6.07) is 10.4. The number of fused-ring (bicyclic) bond motifs is 1. The van der Waals surface area contributed by atoms with Crippen LogP contribution in [0.2, 0.25) is 0 Å². The Balaban J connectivity index is 1.48. The molecule has 0 N–H and O–H groups in total. The first-order valence-corrected chi connectivity index (χ1v) is 8.80. The molecule has 2 aromatic rings. The van der Waals surface area contributed by atoms with E-state index in [0.717, 1.165) is 12.8 Å². The summed E-state index contributed by atoms with van der Waals surface area (Å²) in [5, 5.41) is 4.37. The molecule has 0 spiro atoms. The van der Waals surface area contributed by atoms with Gasteiger partial charge in [0.15, 0.2) is 0 Å². The summed E-state index contributed by atoms with van der Waals surface area (Å²) in [5.74, 6) is 0.0921. The Kier molecular flexibility index (Phi) is 4.34. The number of morpholine rings is 1. The van der Waals surface area contributed by atoms with E-state index in [1.165, 1.54) is 18.4 Å². The fourth-order valence-corrected chi connectivity index (χ4v) is 3.85. The molecule has 2 fully saturated rings. The number of aromatic nitrogens is 2. The zero-order valence-corrected chi connectivity index (χ0v) is 13.8. The van der Waals surface area contributed by atoms with Gasteiger partial charge in [-0.1, -0.05) is 43.2 Å². The maximum atomic E-state index is 12.9. The van der Waals surface area contributed by atoms with Gasteiger partial charge in [0.1, 0.15) is 0 Å². The molecule has 2 aliphatic rings. The van der Waals surface area contributed by atoms with Crippen LogP contribution in [0.25, 0.3) is 0 Å². The lowest BCUT2D eigenvalue weighted by Crippen LogP contribution is -2.54. The van der Waals surface area contributed by atoms with Crippen LogP contribution in [0, 0.1) is 0 Å². The summed E-state index contributed by atoms with van der Waals surface area (Å²) in [6.07, 6.45) is 8.29. The minimum Gasteiger partial charge on any atom is -0.374 e. The van der Waals surface area contributed by atoms with Gasteiger partial charge in [0.25, 0.3) is 5.91 Å². The van der Waals surface area contributed by atoms with Gasteiger partial charge >= 0.3 is 0 Å².